The van der Waals surface area contributed by atoms with Crippen LogP contribution in [0.1, 0.15) is 82.5 Å². The molecule has 0 bridgehead atoms. The number of fused-ring (bicyclic) bond motifs is 1. The van der Waals surface area contributed by atoms with Crippen molar-refractivity contribution in [2.45, 2.75) is 84.8 Å². The lowest BCUT2D eigenvalue weighted by atomic mass is 9.87. The molecule has 1 aromatic carbocycles. The number of carbonyl (C=O) groups is 2. The van der Waals surface area contributed by atoms with Crippen molar-refractivity contribution in [2.24, 2.45) is 11.8 Å². The van der Waals surface area contributed by atoms with Gasteiger partial charge in [-0.15, -0.1) is 0 Å². The zero-order chi connectivity index (χ0) is 32.5. The number of anilines is 1. The molecule has 45 heavy (non-hydrogen) atoms. The first-order chi connectivity index (χ1) is 21.3. The molecule has 240 valence electrons. The monoisotopic (exact) mass is 623 g/mol. The number of nitrogens with zero attached hydrogens (tertiary/aromatic N) is 3. The van der Waals surface area contributed by atoms with Gasteiger partial charge in [0.1, 0.15) is 34.9 Å². The van der Waals surface area contributed by atoms with Gasteiger partial charge in [0.25, 0.3) is 0 Å². The Morgan fingerprint density at radius 3 is 2.44 bits per heavy atom. The third-order valence-corrected chi connectivity index (χ3v) is 8.22. The van der Waals surface area contributed by atoms with E-state index >= 15 is 0 Å². The second-order valence-corrected chi connectivity index (χ2v) is 13.3. The largest absolute Gasteiger partial charge is 0.460 e. The van der Waals surface area contributed by atoms with Crippen LogP contribution in [0.3, 0.4) is 0 Å². The van der Waals surface area contributed by atoms with E-state index in [4.69, 9.17) is 14.5 Å². The number of aryl methyl sites for hydroxylation is 2. The molecule has 1 aliphatic carbocycles. The van der Waals surface area contributed by atoms with Gasteiger partial charge in [0, 0.05) is 43.2 Å². The zero-order valence-corrected chi connectivity index (χ0v) is 26.5. The topological polar surface area (TPSA) is 81.6 Å². The Morgan fingerprint density at radius 2 is 1.76 bits per heavy atom. The smallest absolute Gasteiger partial charge is 0.306 e. The fraction of sp³-hybridized carbons (Fsp3) is 0.486. The number of rotatable bonds is 8. The SMILES string of the molecule is CC(=O)OC1CCc2c1ncc(CCc1ccc(F)c(-c3c(F)cccc3F)n1)c2N1C[C@H](C)C[C@H](CC(=O)OC(C)(C)C)C1. The molecule has 0 saturated carbocycles. The second-order valence-electron chi connectivity index (χ2n) is 13.3. The molecule has 1 saturated heterocycles. The number of esters is 2. The van der Waals surface area contributed by atoms with Gasteiger partial charge in [-0.25, -0.2) is 18.2 Å². The molecule has 2 aliphatic rings. The quantitative estimate of drug-likeness (QED) is 0.248. The first-order valence-corrected chi connectivity index (χ1v) is 15.5. The molecule has 1 fully saturated rings. The molecule has 0 amide bonds. The van der Waals surface area contributed by atoms with Crippen molar-refractivity contribution in [1.29, 1.82) is 0 Å². The van der Waals surface area contributed by atoms with Gasteiger partial charge in [0.05, 0.1) is 17.7 Å². The lowest BCUT2D eigenvalue weighted by molar-refractivity contribution is -0.156. The standard InChI is InChI=1S/C35H40F3N3O4/c1-20-15-22(16-30(43)45-35(3,4)5)19-41(18-20)34-23(17-39-32-25(34)12-14-29(32)44-21(2)42)9-10-24-11-13-28(38)33(40-24)31-26(36)7-6-8-27(31)37/h6-8,11,13,17,20,22,29H,9-10,12,14-16,18-19H2,1-5H3/t20-,22-,29?/m1/s1. The van der Waals surface area contributed by atoms with Crippen LogP contribution in [0, 0.1) is 29.3 Å². The maximum atomic E-state index is 14.7. The van der Waals surface area contributed by atoms with Crippen LogP contribution in [0.25, 0.3) is 11.3 Å². The number of benzene rings is 1. The van der Waals surface area contributed by atoms with Gasteiger partial charge in [-0.1, -0.05) is 13.0 Å². The predicted octanol–water partition coefficient (Wildman–Crippen LogP) is 7.09. The van der Waals surface area contributed by atoms with Crippen LogP contribution >= 0.6 is 0 Å². The summed E-state index contributed by atoms with van der Waals surface area (Å²) in [5, 5.41) is 0. The molecular weight excluding hydrogens is 583 g/mol. The Morgan fingerprint density at radius 1 is 1.02 bits per heavy atom. The van der Waals surface area contributed by atoms with Crippen molar-refractivity contribution in [3.63, 3.8) is 0 Å². The summed E-state index contributed by atoms with van der Waals surface area (Å²) in [6.07, 6.45) is 4.72. The van der Waals surface area contributed by atoms with Gasteiger partial charge in [-0.2, -0.15) is 0 Å². The molecule has 3 aromatic rings. The Balaban J connectivity index is 1.46. The summed E-state index contributed by atoms with van der Waals surface area (Å²) in [4.78, 5) is 35.9. The van der Waals surface area contributed by atoms with Crippen LogP contribution in [-0.2, 0) is 38.3 Å². The summed E-state index contributed by atoms with van der Waals surface area (Å²) in [7, 11) is 0. The normalized spacial score (nSPS) is 19.7. The summed E-state index contributed by atoms with van der Waals surface area (Å²) >= 11 is 0. The van der Waals surface area contributed by atoms with E-state index in [2.05, 4.69) is 16.8 Å². The van der Waals surface area contributed by atoms with Crippen molar-refractivity contribution >= 4 is 17.6 Å². The van der Waals surface area contributed by atoms with E-state index in [-0.39, 0.29) is 23.6 Å². The first kappa shape index (κ1) is 32.4. The minimum Gasteiger partial charge on any atom is -0.460 e. The van der Waals surface area contributed by atoms with Crippen LogP contribution < -0.4 is 4.90 Å². The lowest BCUT2D eigenvalue weighted by Gasteiger charge is -2.40. The van der Waals surface area contributed by atoms with E-state index in [1.54, 1.807) is 6.20 Å². The molecule has 1 unspecified atom stereocenters. The van der Waals surface area contributed by atoms with Crippen molar-refractivity contribution in [1.82, 2.24) is 9.97 Å². The highest BCUT2D eigenvalue weighted by molar-refractivity contribution is 5.71. The van der Waals surface area contributed by atoms with Crippen LogP contribution in [0.4, 0.5) is 18.9 Å². The molecular formula is C35H40F3N3O4. The molecule has 0 radical (unpaired) electrons. The van der Waals surface area contributed by atoms with E-state index in [1.807, 2.05) is 20.8 Å². The van der Waals surface area contributed by atoms with Gasteiger partial charge in [0.15, 0.2) is 0 Å². The van der Waals surface area contributed by atoms with Gasteiger partial charge in [-0.3, -0.25) is 14.6 Å². The van der Waals surface area contributed by atoms with Crippen molar-refractivity contribution < 1.29 is 32.2 Å². The van der Waals surface area contributed by atoms with Crippen molar-refractivity contribution in [2.75, 3.05) is 18.0 Å². The second kappa shape index (κ2) is 13.2. The summed E-state index contributed by atoms with van der Waals surface area (Å²) in [6, 6.07) is 6.09. The third kappa shape index (κ3) is 7.65. The molecule has 2 aromatic heterocycles. The minimum absolute atomic E-state index is 0.0860. The van der Waals surface area contributed by atoms with Gasteiger partial charge < -0.3 is 14.4 Å². The zero-order valence-electron chi connectivity index (χ0n) is 26.5. The van der Waals surface area contributed by atoms with Crippen molar-refractivity contribution in [3.05, 3.63) is 76.5 Å². The van der Waals surface area contributed by atoms with E-state index in [9.17, 15) is 22.8 Å². The Kier molecular flexibility index (Phi) is 9.51. The fourth-order valence-electron chi connectivity index (χ4n) is 6.64. The maximum absolute atomic E-state index is 14.7. The highest BCUT2D eigenvalue weighted by Crippen LogP contribution is 2.42. The van der Waals surface area contributed by atoms with Gasteiger partial charge in [0.2, 0.25) is 0 Å². The molecule has 5 rings (SSSR count). The molecule has 3 heterocycles. The van der Waals surface area contributed by atoms with E-state index in [0.29, 0.717) is 50.3 Å². The Labute approximate surface area is 262 Å². The highest BCUT2D eigenvalue weighted by Gasteiger charge is 2.35. The predicted molar refractivity (Wildman–Crippen MR) is 164 cm³/mol. The van der Waals surface area contributed by atoms with E-state index in [0.717, 1.165) is 47.6 Å². The molecule has 3 atom stereocenters. The number of halogens is 3. The molecule has 0 spiro atoms. The van der Waals surface area contributed by atoms with Crippen LogP contribution in [0.5, 0.6) is 0 Å². The summed E-state index contributed by atoms with van der Waals surface area (Å²) in [5.41, 5.74) is 2.76. The number of carbonyl (C=O) groups excluding carboxylic acids is 2. The van der Waals surface area contributed by atoms with E-state index < -0.39 is 34.7 Å². The summed E-state index contributed by atoms with van der Waals surface area (Å²) < 4.78 is 54.9. The van der Waals surface area contributed by atoms with Crippen LogP contribution in [-0.4, -0.2) is 40.6 Å². The maximum Gasteiger partial charge on any atom is 0.306 e. The summed E-state index contributed by atoms with van der Waals surface area (Å²) in [6.45, 7) is 10.6. The molecule has 0 N–H and O–H groups in total. The van der Waals surface area contributed by atoms with Gasteiger partial charge >= 0.3 is 11.9 Å². The van der Waals surface area contributed by atoms with Gasteiger partial charge in [-0.05, 0) is 94.5 Å². The number of hydrogen-bond donors (Lipinski definition) is 0. The van der Waals surface area contributed by atoms with E-state index in [1.165, 1.54) is 25.1 Å². The summed E-state index contributed by atoms with van der Waals surface area (Å²) in [5.74, 6) is -2.77. The fourth-order valence-corrected chi connectivity index (χ4v) is 6.64. The number of pyridine rings is 2. The molecule has 7 nitrogen and oxygen atoms in total. The van der Waals surface area contributed by atoms with Crippen LogP contribution in [0.2, 0.25) is 0 Å². The first-order valence-electron chi connectivity index (χ1n) is 15.5. The highest BCUT2D eigenvalue weighted by atomic mass is 19.1. The average Bonchev–Trinajstić information content (AvgIpc) is 3.33. The Hall–Kier alpha value is -3.95. The van der Waals surface area contributed by atoms with Crippen molar-refractivity contribution in [3.8, 4) is 11.3 Å². The Bertz CT molecular complexity index is 1570. The molecule has 1 aliphatic heterocycles. The number of ether oxygens (including phenoxy) is 2. The molecule has 10 heteroatoms. The lowest BCUT2D eigenvalue weighted by Crippen LogP contribution is -2.42. The van der Waals surface area contributed by atoms with Crippen LogP contribution in [0.15, 0.2) is 36.5 Å². The third-order valence-electron chi connectivity index (χ3n) is 8.22. The number of piperidine rings is 1. The number of aromatic nitrogens is 2. The minimum atomic E-state index is -0.883. The number of hydrogen-bond acceptors (Lipinski definition) is 7. The average molecular weight is 624 g/mol.